The monoisotopic (exact) mass is 382 g/mol. The van der Waals surface area contributed by atoms with Gasteiger partial charge in [-0.3, -0.25) is 9.59 Å². The molecule has 0 aliphatic heterocycles. The molecule has 2 aromatic rings. The van der Waals surface area contributed by atoms with Gasteiger partial charge < -0.3 is 25.3 Å². The third-order valence-corrected chi connectivity index (χ3v) is 3.81. The van der Waals surface area contributed by atoms with Gasteiger partial charge in [0.2, 0.25) is 0 Å². The number of nitrogens with two attached hydrogens (primary N) is 1. The van der Waals surface area contributed by atoms with Crippen LogP contribution in [0.2, 0.25) is 0 Å². The van der Waals surface area contributed by atoms with Crippen LogP contribution >= 0.6 is 0 Å². The van der Waals surface area contributed by atoms with Crippen LogP contribution in [0.5, 0.6) is 11.5 Å². The standard InChI is InChI=1S/C19H18N4O5/c1-2-27-16(25)4-3-7-28-11-5-6-12(15(24)8-11)17-13(9-20)18(22)23-19(26)14(17)10-21/h5-6,8,24H,2-4,7H2,1H3,(H3,22,23,26). The van der Waals surface area contributed by atoms with Crippen LogP contribution in [0.15, 0.2) is 23.0 Å². The lowest BCUT2D eigenvalue weighted by atomic mass is 9.96. The zero-order valence-electron chi connectivity index (χ0n) is 15.1. The van der Waals surface area contributed by atoms with Gasteiger partial charge in [0.05, 0.1) is 13.2 Å². The number of pyridine rings is 1. The minimum Gasteiger partial charge on any atom is -0.507 e. The van der Waals surface area contributed by atoms with Gasteiger partial charge in [0, 0.05) is 23.6 Å². The number of carbonyl (C=O) groups is 1. The number of anilines is 1. The van der Waals surface area contributed by atoms with Gasteiger partial charge in [0.25, 0.3) is 5.56 Å². The molecule has 2 rings (SSSR count). The number of rotatable bonds is 7. The van der Waals surface area contributed by atoms with Crippen LogP contribution in [-0.4, -0.2) is 29.3 Å². The highest BCUT2D eigenvalue weighted by atomic mass is 16.5. The van der Waals surface area contributed by atoms with Crippen molar-refractivity contribution < 1.29 is 19.4 Å². The van der Waals surface area contributed by atoms with Gasteiger partial charge in [-0.15, -0.1) is 0 Å². The Morgan fingerprint density at radius 1 is 1.29 bits per heavy atom. The molecular weight excluding hydrogens is 364 g/mol. The summed E-state index contributed by atoms with van der Waals surface area (Å²) < 4.78 is 10.3. The number of hydrogen-bond acceptors (Lipinski definition) is 8. The summed E-state index contributed by atoms with van der Waals surface area (Å²) in [6.45, 7) is 2.27. The van der Waals surface area contributed by atoms with Crippen molar-refractivity contribution in [3.8, 4) is 34.8 Å². The number of phenolic OH excluding ortho intramolecular Hbond substituents is 1. The number of aromatic hydroxyl groups is 1. The van der Waals surface area contributed by atoms with Crippen molar-refractivity contribution in [2.45, 2.75) is 19.8 Å². The van der Waals surface area contributed by atoms with Gasteiger partial charge in [0.15, 0.2) is 0 Å². The second-order valence-electron chi connectivity index (χ2n) is 5.65. The van der Waals surface area contributed by atoms with Crippen LogP contribution < -0.4 is 16.0 Å². The number of nitrogens with one attached hydrogen (secondary N) is 1. The summed E-state index contributed by atoms with van der Waals surface area (Å²) in [5.41, 5.74) is 4.52. The van der Waals surface area contributed by atoms with E-state index in [1.807, 2.05) is 6.07 Å². The number of H-pyrrole nitrogens is 1. The van der Waals surface area contributed by atoms with Crippen LogP contribution in [0.4, 0.5) is 5.82 Å². The number of nitrogen functional groups attached to an aromatic ring is 1. The molecule has 0 amide bonds. The van der Waals surface area contributed by atoms with E-state index in [-0.39, 0.29) is 52.8 Å². The van der Waals surface area contributed by atoms with E-state index in [0.29, 0.717) is 18.8 Å². The molecule has 0 radical (unpaired) electrons. The maximum absolute atomic E-state index is 12.0. The fraction of sp³-hybridized carbons (Fsp3) is 0.263. The first-order valence-electron chi connectivity index (χ1n) is 8.40. The number of aromatic amines is 1. The summed E-state index contributed by atoms with van der Waals surface area (Å²) >= 11 is 0. The Bertz CT molecular complexity index is 1030. The van der Waals surface area contributed by atoms with E-state index < -0.39 is 5.56 Å². The summed E-state index contributed by atoms with van der Waals surface area (Å²) in [6, 6.07) is 7.80. The fourth-order valence-electron chi connectivity index (χ4n) is 2.56. The number of ether oxygens (including phenoxy) is 2. The quantitative estimate of drug-likeness (QED) is 0.482. The van der Waals surface area contributed by atoms with Crippen molar-refractivity contribution in [1.29, 1.82) is 10.5 Å². The van der Waals surface area contributed by atoms with Crippen LogP contribution in [0.3, 0.4) is 0 Å². The maximum Gasteiger partial charge on any atom is 0.305 e. The second kappa shape index (κ2) is 9.10. The number of nitrogens with zero attached hydrogens (tertiary/aromatic N) is 2. The van der Waals surface area contributed by atoms with Crippen molar-refractivity contribution in [3.05, 3.63) is 39.7 Å². The summed E-state index contributed by atoms with van der Waals surface area (Å²) in [5, 5.41) is 29.0. The molecule has 0 saturated heterocycles. The highest BCUT2D eigenvalue weighted by Gasteiger charge is 2.20. The lowest BCUT2D eigenvalue weighted by molar-refractivity contribution is -0.143. The zero-order chi connectivity index (χ0) is 20.7. The van der Waals surface area contributed by atoms with E-state index in [2.05, 4.69) is 4.98 Å². The molecule has 1 heterocycles. The summed E-state index contributed by atoms with van der Waals surface area (Å²) in [4.78, 5) is 25.5. The molecule has 9 nitrogen and oxygen atoms in total. The van der Waals surface area contributed by atoms with E-state index >= 15 is 0 Å². The summed E-state index contributed by atoms with van der Waals surface area (Å²) in [5.74, 6) is -0.481. The highest BCUT2D eigenvalue weighted by Crippen LogP contribution is 2.36. The molecule has 9 heteroatoms. The minimum atomic E-state index is -0.757. The Labute approximate surface area is 160 Å². The molecule has 1 aromatic heterocycles. The molecule has 28 heavy (non-hydrogen) atoms. The lowest BCUT2D eigenvalue weighted by Gasteiger charge is -2.12. The SMILES string of the molecule is CCOC(=O)CCCOc1ccc(-c2c(C#N)c(N)[nH]c(=O)c2C#N)c(O)c1. The van der Waals surface area contributed by atoms with E-state index in [0.717, 1.165) is 0 Å². The Balaban J connectivity index is 2.27. The smallest absolute Gasteiger partial charge is 0.305 e. The number of carbonyl (C=O) groups excluding carboxylic acids is 1. The van der Waals surface area contributed by atoms with Gasteiger partial charge in [-0.1, -0.05) is 0 Å². The number of benzene rings is 1. The van der Waals surface area contributed by atoms with Crippen LogP contribution in [0.25, 0.3) is 11.1 Å². The summed E-state index contributed by atoms with van der Waals surface area (Å²) in [6.07, 6.45) is 0.643. The van der Waals surface area contributed by atoms with Gasteiger partial charge in [0.1, 0.15) is 40.6 Å². The first kappa shape index (κ1) is 20.3. The molecule has 0 fully saturated rings. The number of hydrogen-bond donors (Lipinski definition) is 3. The predicted octanol–water partition coefficient (Wildman–Crippen LogP) is 1.80. The molecule has 0 saturated carbocycles. The van der Waals surface area contributed by atoms with Gasteiger partial charge >= 0.3 is 5.97 Å². The van der Waals surface area contributed by atoms with Gasteiger partial charge in [-0.05, 0) is 25.5 Å². The molecule has 0 aliphatic rings. The van der Waals surface area contributed by atoms with E-state index in [9.17, 15) is 25.2 Å². The summed E-state index contributed by atoms with van der Waals surface area (Å²) in [7, 11) is 0. The minimum absolute atomic E-state index is 0.0439. The normalized spacial score (nSPS) is 9.96. The number of phenols is 1. The van der Waals surface area contributed by atoms with Crippen LogP contribution in [0.1, 0.15) is 30.9 Å². The lowest BCUT2D eigenvalue weighted by Crippen LogP contribution is -2.16. The fourth-order valence-corrected chi connectivity index (χ4v) is 2.56. The molecule has 144 valence electrons. The van der Waals surface area contributed by atoms with Gasteiger partial charge in [-0.2, -0.15) is 10.5 Å². The molecule has 1 aromatic carbocycles. The molecule has 4 N–H and O–H groups in total. The third-order valence-electron chi connectivity index (χ3n) is 3.81. The average Bonchev–Trinajstić information content (AvgIpc) is 2.65. The topological polar surface area (TPSA) is 162 Å². The highest BCUT2D eigenvalue weighted by molar-refractivity contribution is 5.83. The Kier molecular flexibility index (Phi) is 6.61. The Hall–Kier alpha value is -3.98. The molecule has 0 atom stereocenters. The van der Waals surface area contributed by atoms with Crippen molar-refractivity contribution >= 4 is 11.8 Å². The average molecular weight is 382 g/mol. The number of esters is 1. The first-order chi connectivity index (χ1) is 13.4. The first-order valence-corrected chi connectivity index (χ1v) is 8.40. The predicted molar refractivity (Wildman–Crippen MR) is 99.4 cm³/mol. The maximum atomic E-state index is 12.0. The molecular formula is C19H18N4O5. The molecule has 0 unspecified atom stereocenters. The zero-order valence-corrected chi connectivity index (χ0v) is 15.1. The Morgan fingerprint density at radius 2 is 2.00 bits per heavy atom. The van der Waals surface area contributed by atoms with E-state index in [1.54, 1.807) is 13.0 Å². The number of aromatic nitrogens is 1. The molecule has 0 bridgehead atoms. The molecule has 0 aliphatic carbocycles. The van der Waals surface area contributed by atoms with Gasteiger partial charge in [-0.25, -0.2) is 0 Å². The second-order valence-corrected chi connectivity index (χ2v) is 5.65. The van der Waals surface area contributed by atoms with E-state index in [1.165, 1.54) is 18.2 Å². The van der Waals surface area contributed by atoms with Crippen molar-refractivity contribution in [3.63, 3.8) is 0 Å². The van der Waals surface area contributed by atoms with Crippen molar-refractivity contribution in [2.24, 2.45) is 0 Å². The Morgan fingerprint density at radius 3 is 2.61 bits per heavy atom. The largest absolute Gasteiger partial charge is 0.507 e. The van der Waals surface area contributed by atoms with Crippen LogP contribution in [-0.2, 0) is 9.53 Å². The van der Waals surface area contributed by atoms with Crippen molar-refractivity contribution in [1.82, 2.24) is 4.98 Å². The number of nitriles is 2. The molecule has 0 spiro atoms. The third kappa shape index (κ3) is 4.40. The van der Waals surface area contributed by atoms with E-state index in [4.69, 9.17) is 15.2 Å². The van der Waals surface area contributed by atoms with Crippen LogP contribution in [0, 0.1) is 22.7 Å². The van der Waals surface area contributed by atoms with Crippen molar-refractivity contribution in [2.75, 3.05) is 18.9 Å².